The summed E-state index contributed by atoms with van der Waals surface area (Å²) >= 11 is 0. The Hall–Kier alpha value is -2.05. The van der Waals surface area contributed by atoms with E-state index in [0.29, 0.717) is 18.7 Å². The van der Waals surface area contributed by atoms with E-state index in [4.69, 9.17) is 10.9 Å². The molecule has 1 rings (SSSR count). The molecule has 1 aromatic rings. The molecule has 100 valence electrons. The van der Waals surface area contributed by atoms with E-state index < -0.39 is 5.92 Å². The van der Waals surface area contributed by atoms with Crippen LogP contribution in [-0.2, 0) is 4.79 Å². The number of amidine groups is 1. The second-order valence-electron chi connectivity index (χ2n) is 3.93. The van der Waals surface area contributed by atoms with E-state index in [9.17, 15) is 4.79 Å². The Labute approximate surface area is 105 Å². The summed E-state index contributed by atoms with van der Waals surface area (Å²) in [5.74, 6) is -0.278. The first-order chi connectivity index (χ1) is 8.63. The predicted molar refractivity (Wildman–Crippen MR) is 67.0 cm³/mol. The molecule has 0 aromatic carbocycles. The van der Waals surface area contributed by atoms with Crippen molar-refractivity contribution in [2.45, 2.75) is 32.7 Å². The largest absolute Gasteiger partial charge is 0.409 e. The van der Waals surface area contributed by atoms with Gasteiger partial charge in [0.15, 0.2) is 5.84 Å². The maximum Gasteiger partial charge on any atom is 0.231 e. The number of amides is 1. The van der Waals surface area contributed by atoms with Gasteiger partial charge in [-0.15, -0.1) is 0 Å². The van der Waals surface area contributed by atoms with Crippen LogP contribution in [0.2, 0.25) is 0 Å². The van der Waals surface area contributed by atoms with E-state index in [0.717, 1.165) is 0 Å². The molecule has 1 heterocycles. The van der Waals surface area contributed by atoms with Crippen molar-refractivity contribution >= 4 is 11.7 Å². The van der Waals surface area contributed by atoms with Crippen LogP contribution in [-0.4, -0.2) is 26.9 Å². The molecule has 0 saturated heterocycles. The summed E-state index contributed by atoms with van der Waals surface area (Å²) in [6, 6.07) is -0.201. The van der Waals surface area contributed by atoms with Crippen LogP contribution in [0.5, 0.6) is 0 Å². The van der Waals surface area contributed by atoms with E-state index in [1.54, 1.807) is 19.3 Å². The van der Waals surface area contributed by atoms with Crippen molar-refractivity contribution in [3.8, 4) is 0 Å². The summed E-state index contributed by atoms with van der Waals surface area (Å²) in [5, 5.41) is 14.3. The van der Waals surface area contributed by atoms with Crippen molar-refractivity contribution < 1.29 is 10.0 Å². The van der Waals surface area contributed by atoms with Gasteiger partial charge in [0.05, 0.1) is 12.0 Å². The summed E-state index contributed by atoms with van der Waals surface area (Å²) in [6.45, 7) is 3.74. The molecule has 1 aromatic heterocycles. The molecule has 0 radical (unpaired) electrons. The first-order valence-corrected chi connectivity index (χ1v) is 5.91. The van der Waals surface area contributed by atoms with E-state index in [1.165, 1.54) is 0 Å². The fourth-order valence-electron chi connectivity index (χ4n) is 1.70. The number of aromatic nitrogens is 2. The fourth-order valence-corrected chi connectivity index (χ4v) is 1.70. The summed E-state index contributed by atoms with van der Waals surface area (Å²) in [5.41, 5.74) is 5.48. The molecule has 2 unspecified atom stereocenters. The molecule has 0 aliphatic rings. The van der Waals surface area contributed by atoms with Gasteiger partial charge in [-0.1, -0.05) is 19.0 Å². The van der Waals surface area contributed by atoms with Crippen LogP contribution in [0.25, 0.3) is 0 Å². The van der Waals surface area contributed by atoms with Gasteiger partial charge >= 0.3 is 0 Å². The van der Waals surface area contributed by atoms with Crippen LogP contribution >= 0.6 is 0 Å². The number of oxime groups is 1. The second kappa shape index (κ2) is 6.63. The molecule has 1 amide bonds. The van der Waals surface area contributed by atoms with Gasteiger partial charge in [0.25, 0.3) is 0 Å². The van der Waals surface area contributed by atoms with Gasteiger partial charge < -0.3 is 21.2 Å². The van der Waals surface area contributed by atoms with Gasteiger partial charge in [0.2, 0.25) is 5.91 Å². The van der Waals surface area contributed by atoms with Gasteiger partial charge in [0.1, 0.15) is 5.82 Å². The zero-order valence-corrected chi connectivity index (χ0v) is 10.6. The average Bonchev–Trinajstić information content (AvgIpc) is 2.90. The van der Waals surface area contributed by atoms with Crippen molar-refractivity contribution in [3.05, 3.63) is 18.2 Å². The highest BCUT2D eigenvalue weighted by Gasteiger charge is 2.24. The topological polar surface area (TPSA) is 116 Å². The minimum atomic E-state index is -0.626. The van der Waals surface area contributed by atoms with Crippen molar-refractivity contribution in [2.75, 3.05) is 0 Å². The lowest BCUT2D eigenvalue weighted by molar-refractivity contribution is -0.124. The van der Waals surface area contributed by atoms with Crippen LogP contribution in [0.4, 0.5) is 0 Å². The molecule has 5 N–H and O–H groups in total. The average molecular weight is 253 g/mol. The van der Waals surface area contributed by atoms with Crippen molar-refractivity contribution in [1.82, 2.24) is 15.3 Å². The monoisotopic (exact) mass is 253 g/mol. The lowest BCUT2D eigenvalue weighted by Gasteiger charge is -2.19. The number of hydrogen-bond donors (Lipinski definition) is 4. The fraction of sp³-hybridized carbons (Fsp3) is 0.545. The Morgan fingerprint density at radius 3 is 2.78 bits per heavy atom. The summed E-state index contributed by atoms with van der Waals surface area (Å²) in [4.78, 5) is 19.1. The van der Waals surface area contributed by atoms with Gasteiger partial charge in [-0.25, -0.2) is 4.98 Å². The Morgan fingerprint density at radius 2 is 2.33 bits per heavy atom. The molecule has 18 heavy (non-hydrogen) atoms. The second-order valence-corrected chi connectivity index (χ2v) is 3.93. The third-order valence-corrected chi connectivity index (χ3v) is 2.77. The number of nitrogens with zero attached hydrogens (tertiary/aromatic N) is 2. The highest BCUT2D eigenvalue weighted by atomic mass is 16.4. The molecule has 7 heteroatoms. The molecular formula is C11H19N5O2. The van der Waals surface area contributed by atoms with Gasteiger partial charge in [0, 0.05) is 12.4 Å². The number of carbonyl (C=O) groups is 1. The molecule has 0 aliphatic heterocycles. The van der Waals surface area contributed by atoms with E-state index in [1.807, 2.05) is 6.92 Å². The minimum Gasteiger partial charge on any atom is -0.409 e. The quantitative estimate of drug-likeness (QED) is 0.259. The molecule has 0 spiro atoms. The number of nitrogens with one attached hydrogen (secondary N) is 2. The number of carbonyl (C=O) groups excluding carboxylic acids is 1. The Kier molecular flexibility index (Phi) is 5.16. The SMILES string of the molecule is CCC(C(=O)NC(CC)c1ncc[nH]1)/C(N)=N/O. The number of hydrogen-bond acceptors (Lipinski definition) is 4. The normalized spacial score (nSPS) is 15.1. The van der Waals surface area contributed by atoms with Gasteiger partial charge in [-0.2, -0.15) is 0 Å². The van der Waals surface area contributed by atoms with Gasteiger partial charge in [-0.05, 0) is 12.8 Å². The summed E-state index contributed by atoms with van der Waals surface area (Å²) in [6.07, 6.45) is 4.50. The zero-order valence-electron chi connectivity index (χ0n) is 10.6. The molecule has 0 bridgehead atoms. The number of imidazole rings is 1. The van der Waals surface area contributed by atoms with Crippen LogP contribution < -0.4 is 11.1 Å². The third-order valence-electron chi connectivity index (χ3n) is 2.77. The lowest BCUT2D eigenvalue weighted by Crippen LogP contribution is -2.40. The van der Waals surface area contributed by atoms with Crippen molar-refractivity contribution in [3.63, 3.8) is 0 Å². The molecule has 7 nitrogen and oxygen atoms in total. The first-order valence-electron chi connectivity index (χ1n) is 5.91. The molecule has 2 atom stereocenters. The van der Waals surface area contributed by atoms with E-state index in [-0.39, 0.29) is 17.8 Å². The number of aromatic amines is 1. The minimum absolute atomic E-state index is 0.0794. The summed E-state index contributed by atoms with van der Waals surface area (Å²) < 4.78 is 0. The Bertz CT molecular complexity index is 402. The number of H-pyrrole nitrogens is 1. The smallest absolute Gasteiger partial charge is 0.231 e. The van der Waals surface area contributed by atoms with Crippen molar-refractivity contribution in [1.29, 1.82) is 0 Å². The van der Waals surface area contributed by atoms with Crippen LogP contribution in [0.3, 0.4) is 0 Å². The summed E-state index contributed by atoms with van der Waals surface area (Å²) in [7, 11) is 0. The Balaban J connectivity index is 2.73. The lowest BCUT2D eigenvalue weighted by atomic mass is 10.0. The highest BCUT2D eigenvalue weighted by molar-refractivity contribution is 6.02. The standard InChI is InChI=1S/C11H19N5O2/c1-3-7(9(12)16-18)11(17)15-8(4-2)10-13-5-6-14-10/h5-8,18H,3-4H2,1-2H3,(H2,12,16)(H,13,14)(H,15,17). The predicted octanol–water partition coefficient (Wildman–Crippen LogP) is 0.750. The maximum atomic E-state index is 12.0. The van der Waals surface area contributed by atoms with Crippen LogP contribution in [0.15, 0.2) is 17.5 Å². The van der Waals surface area contributed by atoms with Crippen LogP contribution in [0, 0.1) is 5.92 Å². The highest BCUT2D eigenvalue weighted by Crippen LogP contribution is 2.13. The number of rotatable bonds is 6. The maximum absolute atomic E-state index is 12.0. The van der Waals surface area contributed by atoms with E-state index >= 15 is 0 Å². The molecule has 0 saturated carbocycles. The van der Waals surface area contributed by atoms with Gasteiger partial charge in [-0.3, -0.25) is 4.79 Å². The van der Waals surface area contributed by atoms with Crippen LogP contribution in [0.1, 0.15) is 38.6 Å². The third kappa shape index (κ3) is 3.22. The first kappa shape index (κ1) is 14.0. The molecular weight excluding hydrogens is 234 g/mol. The molecule has 0 fully saturated rings. The van der Waals surface area contributed by atoms with E-state index in [2.05, 4.69) is 20.4 Å². The number of nitrogens with two attached hydrogens (primary N) is 1. The Morgan fingerprint density at radius 1 is 1.61 bits per heavy atom. The zero-order chi connectivity index (χ0) is 13.5. The van der Waals surface area contributed by atoms with Crippen molar-refractivity contribution in [2.24, 2.45) is 16.8 Å². The molecule has 0 aliphatic carbocycles.